The molecule has 1 aromatic heterocycles. The highest BCUT2D eigenvalue weighted by Gasteiger charge is 2.12. The lowest BCUT2D eigenvalue weighted by molar-refractivity contribution is -0.113. The zero-order valence-electron chi connectivity index (χ0n) is 14.2. The van der Waals surface area contributed by atoms with Crippen LogP contribution in [0.5, 0.6) is 5.75 Å². The van der Waals surface area contributed by atoms with Crippen LogP contribution in [0, 0.1) is 6.92 Å². The van der Waals surface area contributed by atoms with E-state index >= 15 is 0 Å². The van der Waals surface area contributed by atoms with Gasteiger partial charge >= 0.3 is 0 Å². The van der Waals surface area contributed by atoms with Crippen molar-refractivity contribution >= 4 is 39.3 Å². The fourth-order valence-corrected chi connectivity index (χ4v) is 3.02. The van der Waals surface area contributed by atoms with Crippen LogP contribution < -0.4 is 10.1 Å². The highest BCUT2D eigenvalue weighted by Crippen LogP contribution is 2.25. The first-order chi connectivity index (χ1) is 12.5. The summed E-state index contributed by atoms with van der Waals surface area (Å²) in [5, 5.41) is 11.2. The second-order valence-electron chi connectivity index (χ2n) is 5.40. The van der Waals surface area contributed by atoms with Crippen molar-refractivity contribution in [3.05, 3.63) is 52.5 Å². The van der Waals surface area contributed by atoms with Gasteiger partial charge < -0.3 is 14.5 Å². The second kappa shape index (κ2) is 8.37. The Labute approximate surface area is 163 Å². The van der Waals surface area contributed by atoms with Crippen LogP contribution in [0.3, 0.4) is 0 Å². The zero-order chi connectivity index (χ0) is 18.5. The number of hydrogen-bond donors (Lipinski definition) is 1. The summed E-state index contributed by atoms with van der Waals surface area (Å²) >= 11 is 4.58. The van der Waals surface area contributed by atoms with Crippen LogP contribution in [-0.2, 0) is 4.79 Å². The lowest BCUT2D eigenvalue weighted by Crippen LogP contribution is -2.14. The standard InChI is InChI=1S/C18H16BrN3O3S/c1-11-9-14(24-2)7-8-15(11)20-16(23)10-26-18-22-21-17(25-18)12-3-5-13(19)6-4-12/h3-9H,10H2,1-2H3,(H,20,23). The molecule has 1 N–H and O–H groups in total. The second-order valence-corrected chi connectivity index (χ2v) is 7.24. The summed E-state index contributed by atoms with van der Waals surface area (Å²) in [6, 6.07) is 13.0. The van der Waals surface area contributed by atoms with Gasteiger partial charge in [0.05, 0.1) is 12.9 Å². The molecule has 0 aliphatic heterocycles. The quantitative estimate of drug-likeness (QED) is 0.574. The molecule has 8 heteroatoms. The van der Waals surface area contributed by atoms with Gasteiger partial charge in [-0.15, -0.1) is 10.2 Å². The van der Waals surface area contributed by atoms with Crippen LogP contribution in [0.15, 0.2) is 56.6 Å². The van der Waals surface area contributed by atoms with Crippen LogP contribution in [0.2, 0.25) is 0 Å². The van der Waals surface area contributed by atoms with Crippen molar-refractivity contribution < 1.29 is 13.9 Å². The van der Waals surface area contributed by atoms with Gasteiger partial charge in [0.25, 0.3) is 5.22 Å². The summed E-state index contributed by atoms with van der Waals surface area (Å²) in [4.78, 5) is 12.1. The molecule has 0 radical (unpaired) electrons. The zero-order valence-corrected chi connectivity index (χ0v) is 16.6. The third-order valence-corrected chi connectivity index (χ3v) is 4.88. The molecule has 0 saturated heterocycles. The molecule has 0 bridgehead atoms. The molecule has 6 nitrogen and oxygen atoms in total. The Hall–Kier alpha value is -2.32. The molecule has 3 aromatic rings. The molecular weight excluding hydrogens is 418 g/mol. The number of ether oxygens (including phenoxy) is 1. The third-order valence-electron chi connectivity index (χ3n) is 3.53. The predicted molar refractivity (Wildman–Crippen MR) is 105 cm³/mol. The van der Waals surface area contributed by atoms with Crippen LogP contribution in [-0.4, -0.2) is 29.0 Å². The number of hydrogen-bond acceptors (Lipinski definition) is 6. The number of carbonyl (C=O) groups is 1. The van der Waals surface area contributed by atoms with Crippen molar-refractivity contribution in [2.24, 2.45) is 0 Å². The molecule has 2 aromatic carbocycles. The molecule has 0 fully saturated rings. The molecule has 134 valence electrons. The lowest BCUT2D eigenvalue weighted by atomic mass is 10.2. The van der Waals surface area contributed by atoms with Crippen molar-refractivity contribution in [1.29, 1.82) is 0 Å². The van der Waals surface area contributed by atoms with Gasteiger partial charge in [0.1, 0.15) is 5.75 Å². The predicted octanol–water partition coefficient (Wildman–Crippen LogP) is 4.55. The number of rotatable bonds is 6. The summed E-state index contributed by atoms with van der Waals surface area (Å²) in [6.07, 6.45) is 0. The monoisotopic (exact) mass is 433 g/mol. The minimum absolute atomic E-state index is 0.147. The fourth-order valence-electron chi connectivity index (χ4n) is 2.19. The lowest BCUT2D eigenvalue weighted by Gasteiger charge is -2.09. The SMILES string of the molecule is COc1ccc(NC(=O)CSc2nnc(-c3ccc(Br)cc3)o2)c(C)c1. The number of amides is 1. The molecule has 0 spiro atoms. The van der Waals surface area contributed by atoms with E-state index in [1.807, 2.05) is 43.3 Å². The summed E-state index contributed by atoms with van der Waals surface area (Å²) in [5.41, 5.74) is 2.50. The highest BCUT2D eigenvalue weighted by molar-refractivity contribution is 9.10. The average molecular weight is 434 g/mol. The van der Waals surface area contributed by atoms with Crippen LogP contribution in [0.1, 0.15) is 5.56 Å². The number of halogens is 1. The third kappa shape index (κ3) is 4.64. The van der Waals surface area contributed by atoms with Crippen LogP contribution >= 0.6 is 27.7 Å². The molecule has 0 unspecified atom stereocenters. The minimum atomic E-state index is -0.147. The first kappa shape index (κ1) is 18.5. The van der Waals surface area contributed by atoms with Gasteiger partial charge in [-0.2, -0.15) is 0 Å². The summed E-state index contributed by atoms with van der Waals surface area (Å²) in [7, 11) is 1.61. The van der Waals surface area contributed by atoms with Crippen molar-refractivity contribution in [2.75, 3.05) is 18.2 Å². The number of anilines is 1. The van der Waals surface area contributed by atoms with Crippen LogP contribution in [0.25, 0.3) is 11.5 Å². The maximum absolute atomic E-state index is 12.1. The molecule has 1 amide bonds. The number of nitrogens with one attached hydrogen (secondary N) is 1. The Morgan fingerprint density at radius 2 is 2.00 bits per heavy atom. The number of carbonyl (C=O) groups excluding carboxylic acids is 1. The van der Waals surface area contributed by atoms with Gasteiger partial charge in [0.2, 0.25) is 11.8 Å². The van der Waals surface area contributed by atoms with Gasteiger partial charge in [-0.1, -0.05) is 27.7 Å². The fraction of sp³-hybridized carbons (Fsp3) is 0.167. The first-order valence-corrected chi connectivity index (χ1v) is 9.50. The number of methoxy groups -OCH3 is 1. The molecule has 3 rings (SSSR count). The van der Waals surface area contributed by atoms with E-state index in [0.717, 1.165) is 27.0 Å². The summed E-state index contributed by atoms with van der Waals surface area (Å²) in [6.45, 7) is 1.91. The normalized spacial score (nSPS) is 10.6. The van der Waals surface area contributed by atoms with Crippen molar-refractivity contribution in [3.63, 3.8) is 0 Å². The van der Waals surface area contributed by atoms with E-state index in [9.17, 15) is 4.79 Å². The first-order valence-electron chi connectivity index (χ1n) is 7.72. The Morgan fingerprint density at radius 3 is 2.69 bits per heavy atom. The molecule has 0 aliphatic rings. The minimum Gasteiger partial charge on any atom is -0.497 e. The molecule has 26 heavy (non-hydrogen) atoms. The number of thioether (sulfide) groups is 1. The van der Waals surface area contributed by atoms with E-state index in [1.165, 1.54) is 11.8 Å². The summed E-state index contributed by atoms with van der Waals surface area (Å²) in [5.74, 6) is 1.20. The van der Waals surface area contributed by atoms with E-state index in [2.05, 4.69) is 31.4 Å². The topological polar surface area (TPSA) is 77.2 Å². The summed E-state index contributed by atoms with van der Waals surface area (Å²) < 4.78 is 11.7. The van der Waals surface area contributed by atoms with E-state index < -0.39 is 0 Å². The molecule has 1 heterocycles. The van der Waals surface area contributed by atoms with E-state index in [-0.39, 0.29) is 11.7 Å². The average Bonchev–Trinajstić information content (AvgIpc) is 3.11. The number of aryl methyl sites for hydroxylation is 1. The van der Waals surface area contributed by atoms with E-state index in [4.69, 9.17) is 9.15 Å². The Balaban J connectivity index is 1.57. The molecule has 0 atom stereocenters. The van der Waals surface area contributed by atoms with E-state index in [1.54, 1.807) is 13.2 Å². The van der Waals surface area contributed by atoms with Crippen molar-refractivity contribution in [3.8, 4) is 17.2 Å². The Kier molecular flexibility index (Phi) is 5.95. The molecule has 0 aliphatic carbocycles. The van der Waals surface area contributed by atoms with Gasteiger partial charge in [0, 0.05) is 15.7 Å². The Morgan fingerprint density at radius 1 is 1.23 bits per heavy atom. The number of nitrogens with zero attached hydrogens (tertiary/aromatic N) is 2. The number of benzene rings is 2. The van der Waals surface area contributed by atoms with Crippen molar-refractivity contribution in [1.82, 2.24) is 10.2 Å². The maximum atomic E-state index is 12.1. The maximum Gasteiger partial charge on any atom is 0.277 e. The van der Waals surface area contributed by atoms with Crippen LogP contribution in [0.4, 0.5) is 5.69 Å². The van der Waals surface area contributed by atoms with Crippen molar-refractivity contribution in [2.45, 2.75) is 12.1 Å². The van der Waals surface area contributed by atoms with Gasteiger partial charge in [-0.3, -0.25) is 4.79 Å². The largest absolute Gasteiger partial charge is 0.497 e. The van der Waals surface area contributed by atoms with E-state index in [0.29, 0.717) is 11.1 Å². The number of aromatic nitrogens is 2. The molecular formula is C18H16BrN3O3S. The smallest absolute Gasteiger partial charge is 0.277 e. The Bertz CT molecular complexity index is 912. The van der Waals surface area contributed by atoms with Gasteiger partial charge in [0.15, 0.2) is 0 Å². The van der Waals surface area contributed by atoms with Gasteiger partial charge in [-0.05, 0) is 55.0 Å². The van der Waals surface area contributed by atoms with Gasteiger partial charge in [-0.25, -0.2) is 0 Å². The highest BCUT2D eigenvalue weighted by atomic mass is 79.9. The molecule has 0 saturated carbocycles.